The Morgan fingerprint density at radius 3 is 2.04 bits per heavy atom. The first-order valence-corrected chi connectivity index (χ1v) is 15.4. The van der Waals surface area contributed by atoms with Gasteiger partial charge in [0.1, 0.15) is 12.6 Å². The number of carbonyl (C=O) groups excluding carboxylic acids is 2. The maximum atomic E-state index is 13.4. The smallest absolute Gasteiger partial charge is 0.317 e. The van der Waals surface area contributed by atoms with Crippen molar-refractivity contribution in [3.63, 3.8) is 0 Å². The average Bonchev–Trinajstić information content (AvgIpc) is 3.03. The quantitative estimate of drug-likeness (QED) is 0.105. The molecule has 47 heavy (non-hydrogen) atoms. The van der Waals surface area contributed by atoms with E-state index in [0.29, 0.717) is 12.8 Å². The molecular weight excluding hydrogens is 610 g/mol. The number of amides is 1. The molecule has 0 aliphatic rings. The van der Waals surface area contributed by atoms with Crippen LogP contribution in [0.2, 0.25) is 0 Å². The molecule has 0 unspecified atom stereocenters. The second kappa shape index (κ2) is 20.8. The summed E-state index contributed by atoms with van der Waals surface area (Å²) in [5, 5.41) is 30.7. The average molecular weight is 658 g/mol. The van der Waals surface area contributed by atoms with Crippen molar-refractivity contribution >= 4 is 29.6 Å². The van der Waals surface area contributed by atoms with Gasteiger partial charge in [-0.25, -0.2) is 0 Å². The fraction of sp³-hybridized carbons (Fsp3) is 0.485. The van der Waals surface area contributed by atoms with Gasteiger partial charge in [-0.2, -0.15) is 0 Å². The van der Waals surface area contributed by atoms with E-state index in [9.17, 15) is 34.2 Å². The van der Waals surface area contributed by atoms with Crippen LogP contribution in [0.1, 0.15) is 30.0 Å². The summed E-state index contributed by atoms with van der Waals surface area (Å²) in [6.07, 6.45) is 1.23. The molecule has 0 spiro atoms. The Kier molecular flexibility index (Phi) is 17.3. The van der Waals surface area contributed by atoms with E-state index < -0.39 is 49.0 Å². The number of likely N-dealkylation sites (N-methyl/N-ethyl adjacent to an activating group) is 2. The summed E-state index contributed by atoms with van der Waals surface area (Å²) in [6.45, 7) is 1.38. The molecule has 2 atom stereocenters. The zero-order valence-electron chi connectivity index (χ0n) is 27.0. The first kappa shape index (κ1) is 39.0. The summed E-state index contributed by atoms with van der Waals surface area (Å²) < 4.78 is 5.58. The minimum Gasteiger partial charge on any atom is -0.480 e. The number of hydrogen-bond acceptors (Lipinski definition) is 10. The number of nitrogens with zero attached hydrogens (tertiary/aromatic N) is 3. The largest absolute Gasteiger partial charge is 0.480 e. The molecule has 2 aromatic rings. The summed E-state index contributed by atoms with van der Waals surface area (Å²) >= 11 is 0. The molecule has 0 saturated heterocycles. The lowest BCUT2D eigenvalue weighted by Crippen LogP contribution is -2.55. The minimum absolute atomic E-state index is 0.0783. The molecule has 0 bridgehead atoms. The van der Waals surface area contributed by atoms with Crippen molar-refractivity contribution in [3.05, 3.63) is 71.3 Å². The number of rotatable bonds is 24. The lowest BCUT2D eigenvalue weighted by Gasteiger charge is -2.33. The fourth-order valence-corrected chi connectivity index (χ4v) is 4.84. The first-order valence-electron chi connectivity index (χ1n) is 15.4. The molecule has 0 aliphatic carbocycles. The Morgan fingerprint density at radius 2 is 1.45 bits per heavy atom. The van der Waals surface area contributed by atoms with Gasteiger partial charge in [0.2, 0.25) is 5.91 Å². The van der Waals surface area contributed by atoms with E-state index in [0.717, 1.165) is 16.7 Å². The van der Waals surface area contributed by atoms with Crippen LogP contribution in [-0.2, 0) is 48.3 Å². The normalized spacial score (nSPS) is 12.6. The van der Waals surface area contributed by atoms with Crippen LogP contribution in [0.4, 0.5) is 0 Å². The van der Waals surface area contributed by atoms with Crippen molar-refractivity contribution in [2.75, 3.05) is 59.5 Å². The zero-order valence-corrected chi connectivity index (χ0v) is 27.0. The van der Waals surface area contributed by atoms with E-state index in [1.165, 1.54) is 14.7 Å². The number of aliphatic carboxylic acids is 3. The highest BCUT2D eigenvalue weighted by molar-refractivity contribution is 5.85. The van der Waals surface area contributed by atoms with Crippen molar-refractivity contribution in [2.24, 2.45) is 5.73 Å². The van der Waals surface area contributed by atoms with E-state index in [1.807, 2.05) is 42.5 Å². The molecule has 0 aliphatic heterocycles. The van der Waals surface area contributed by atoms with Gasteiger partial charge >= 0.3 is 17.9 Å². The highest BCUT2D eigenvalue weighted by atomic mass is 16.5. The van der Waals surface area contributed by atoms with Crippen molar-refractivity contribution in [2.45, 2.75) is 45.0 Å². The summed E-state index contributed by atoms with van der Waals surface area (Å²) in [6, 6.07) is 15.4. The Balaban J connectivity index is 1.94. The number of benzene rings is 2. The summed E-state index contributed by atoms with van der Waals surface area (Å²) in [5.41, 5.74) is 8.74. The van der Waals surface area contributed by atoms with Crippen LogP contribution in [-0.4, -0.2) is 131 Å². The van der Waals surface area contributed by atoms with Crippen LogP contribution in [0.15, 0.2) is 54.6 Å². The Hall–Kier alpha value is -4.21. The van der Waals surface area contributed by atoms with Gasteiger partial charge in [-0.1, -0.05) is 61.5 Å². The number of aryl methyl sites for hydroxylation is 1. The maximum absolute atomic E-state index is 13.4. The van der Waals surface area contributed by atoms with Crippen LogP contribution in [0.25, 0.3) is 0 Å². The van der Waals surface area contributed by atoms with E-state index in [-0.39, 0.29) is 58.3 Å². The van der Waals surface area contributed by atoms with Gasteiger partial charge in [-0.15, -0.1) is 0 Å². The molecular formula is C33H47N5O9. The number of ketones is 1. The Labute approximate surface area is 275 Å². The van der Waals surface area contributed by atoms with Crippen LogP contribution in [0, 0.1) is 0 Å². The van der Waals surface area contributed by atoms with Crippen molar-refractivity contribution in [1.29, 1.82) is 0 Å². The number of nitrogens with one attached hydrogen (secondary N) is 1. The Morgan fingerprint density at radius 1 is 0.830 bits per heavy atom. The summed E-state index contributed by atoms with van der Waals surface area (Å²) in [4.78, 5) is 64.3. The maximum Gasteiger partial charge on any atom is 0.317 e. The van der Waals surface area contributed by atoms with Gasteiger partial charge in [0.15, 0.2) is 5.78 Å². The first-order chi connectivity index (χ1) is 22.4. The van der Waals surface area contributed by atoms with Crippen LogP contribution in [0.3, 0.4) is 0 Å². The van der Waals surface area contributed by atoms with Gasteiger partial charge in [0.05, 0.1) is 32.3 Å². The minimum atomic E-state index is -1.13. The molecule has 6 N–H and O–H groups in total. The third-order valence-corrected chi connectivity index (χ3v) is 7.48. The summed E-state index contributed by atoms with van der Waals surface area (Å²) in [5.74, 6) is -3.95. The molecule has 0 fully saturated rings. The highest BCUT2D eigenvalue weighted by Crippen LogP contribution is 2.10. The molecule has 14 nitrogen and oxygen atoms in total. The Bertz CT molecular complexity index is 1290. The van der Waals surface area contributed by atoms with E-state index >= 15 is 0 Å². The monoisotopic (exact) mass is 657 g/mol. The standard InChI is InChI=1S/C33H47N5O9/c1-3-38(21-32(44)45)28(18-37(20-31(42)43)16-15-36(2)19-30(40)41)33(46)35-17-25-9-11-26(12-10-25)22-47-23-29(39)27(34)14-13-24-7-5-4-6-8-24/h4-12,27-28H,3,13-23,34H2,1-2H3,(H,35,46)(H,40,41)(H,42,43)(H,44,45)/t27-,28+/m1/s1. The SMILES string of the molecule is CCN(CC(=O)O)[C@@H](CN(CCN(C)CC(=O)O)CC(=O)O)C(=O)NCc1ccc(COCC(=O)[C@H](N)CCc2ccccc2)cc1. The number of carboxylic acids is 3. The third-order valence-electron chi connectivity index (χ3n) is 7.48. The van der Waals surface area contributed by atoms with E-state index in [2.05, 4.69) is 5.32 Å². The molecule has 1 amide bonds. The van der Waals surface area contributed by atoms with E-state index in [1.54, 1.807) is 26.1 Å². The molecule has 258 valence electrons. The van der Waals surface area contributed by atoms with Crippen LogP contribution in [0.5, 0.6) is 0 Å². The van der Waals surface area contributed by atoms with Gasteiger partial charge in [0, 0.05) is 26.2 Å². The molecule has 0 aromatic heterocycles. The predicted molar refractivity (Wildman–Crippen MR) is 174 cm³/mol. The van der Waals surface area contributed by atoms with Gasteiger partial charge in [0.25, 0.3) is 0 Å². The lowest BCUT2D eigenvalue weighted by molar-refractivity contribution is -0.142. The van der Waals surface area contributed by atoms with Crippen molar-refractivity contribution in [3.8, 4) is 0 Å². The lowest BCUT2D eigenvalue weighted by atomic mass is 10.0. The molecule has 2 aromatic carbocycles. The number of carboxylic acid groups (broad SMARTS) is 3. The number of Topliss-reactive ketones (excluding diaryl/α,β-unsaturated/α-hetero) is 1. The molecule has 0 heterocycles. The summed E-state index contributed by atoms with van der Waals surface area (Å²) in [7, 11) is 1.58. The second-order valence-corrected chi connectivity index (χ2v) is 11.4. The number of nitrogens with two attached hydrogens (primary N) is 1. The number of carbonyl (C=O) groups is 5. The highest BCUT2D eigenvalue weighted by Gasteiger charge is 2.29. The van der Waals surface area contributed by atoms with E-state index in [4.69, 9.17) is 15.6 Å². The van der Waals surface area contributed by atoms with Crippen molar-refractivity contribution < 1.29 is 44.0 Å². The van der Waals surface area contributed by atoms with Gasteiger partial charge < -0.3 is 31.1 Å². The van der Waals surface area contributed by atoms with Gasteiger partial charge in [-0.3, -0.25) is 38.7 Å². The third kappa shape index (κ3) is 15.8. The zero-order chi connectivity index (χ0) is 34.8. The number of hydrogen-bond donors (Lipinski definition) is 5. The fourth-order valence-electron chi connectivity index (χ4n) is 4.84. The molecule has 14 heteroatoms. The second-order valence-electron chi connectivity index (χ2n) is 11.4. The van der Waals surface area contributed by atoms with Crippen LogP contribution >= 0.6 is 0 Å². The topological polar surface area (TPSA) is 203 Å². The molecule has 2 rings (SSSR count). The molecule has 0 radical (unpaired) electrons. The van der Waals surface area contributed by atoms with Crippen LogP contribution < -0.4 is 11.1 Å². The number of ether oxygens (including phenoxy) is 1. The van der Waals surface area contributed by atoms with Crippen molar-refractivity contribution in [1.82, 2.24) is 20.0 Å². The van der Waals surface area contributed by atoms with Gasteiger partial charge in [-0.05, 0) is 43.1 Å². The predicted octanol–water partition coefficient (Wildman–Crippen LogP) is 0.527. The molecule has 0 saturated carbocycles.